The van der Waals surface area contributed by atoms with Crippen molar-refractivity contribution in [3.05, 3.63) is 206 Å². The van der Waals surface area contributed by atoms with Crippen LogP contribution in [0.15, 0.2) is 211 Å². The molecule has 0 fully saturated rings. The van der Waals surface area contributed by atoms with E-state index in [-0.39, 0.29) is 0 Å². The van der Waals surface area contributed by atoms with Crippen LogP contribution in [0.25, 0.3) is 110 Å². The number of benzene rings is 9. The van der Waals surface area contributed by atoms with E-state index >= 15 is 0 Å². The Hall–Kier alpha value is -7.62. The van der Waals surface area contributed by atoms with Gasteiger partial charge in [-0.25, -0.2) is 0 Å². The van der Waals surface area contributed by atoms with Crippen LogP contribution in [0.4, 0.5) is 0 Å². The molecule has 0 radical (unpaired) electrons. The first-order valence-electron chi connectivity index (χ1n) is 19.5. The standard InChI is InChI=1S/C54H34N2O/c1-2-16-40(17-3-1)55-49-24-8-5-21-46(49)54-42(22-12-25-50(54)55)39-27-29-44-43-19-4-7-23-48(43)56(51(44)34-39)41-18-11-15-37(32-41)35-13-10-14-36(31-35)38-28-30-53-47(33-38)45-20-6-9-26-52(45)57-53/h1-34H. The van der Waals surface area contributed by atoms with Gasteiger partial charge in [0.05, 0.1) is 22.1 Å². The third kappa shape index (κ3) is 4.92. The zero-order chi connectivity index (χ0) is 37.5. The molecule has 266 valence electrons. The number of hydrogen-bond acceptors (Lipinski definition) is 1. The molecule has 12 aromatic rings. The first-order chi connectivity index (χ1) is 28.3. The van der Waals surface area contributed by atoms with Gasteiger partial charge in [0.15, 0.2) is 0 Å². The Labute approximate surface area is 328 Å². The van der Waals surface area contributed by atoms with Gasteiger partial charge in [0.25, 0.3) is 0 Å². The molecule has 0 amide bonds. The van der Waals surface area contributed by atoms with Crippen LogP contribution < -0.4 is 0 Å². The molecule has 57 heavy (non-hydrogen) atoms. The number of nitrogens with zero attached hydrogens (tertiary/aromatic N) is 2. The van der Waals surface area contributed by atoms with Gasteiger partial charge in [0.1, 0.15) is 11.2 Å². The van der Waals surface area contributed by atoms with Crippen molar-refractivity contribution >= 4 is 65.6 Å². The van der Waals surface area contributed by atoms with Crippen molar-refractivity contribution in [1.29, 1.82) is 0 Å². The van der Waals surface area contributed by atoms with E-state index in [4.69, 9.17) is 4.42 Å². The van der Waals surface area contributed by atoms with E-state index in [2.05, 4.69) is 203 Å². The number of furan rings is 1. The number of hydrogen-bond donors (Lipinski definition) is 0. The van der Waals surface area contributed by atoms with E-state index in [1.54, 1.807) is 0 Å². The molecule has 0 spiro atoms. The monoisotopic (exact) mass is 726 g/mol. The summed E-state index contributed by atoms with van der Waals surface area (Å²) in [7, 11) is 0. The van der Waals surface area contributed by atoms with Crippen molar-refractivity contribution in [2.75, 3.05) is 0 Å². The fraction of sp³-hybridized carbons (Fsp3) is 0. The van der Waals surface area contributed by atoms with Gasteiger partial charge in [-0.2, -0.15) is 0 Å². The Kier molecular flexibility index (Phi) is 6.93. The lowest BCUT2D eigenvalue weighted by molar-refractivity contribution is 0.669. The molecule has 0 unspecified atom stereocenters. The summed E-state index contributed by atoms with van der Waals surface area (Å²) in [6, 6.07) is 74.6. The minimum Gasteiger partial charge on any atom is -0.456 e. The SMILES string of the molecule is c1ccc(-n2c3ccccc3c3c(-c4ccc5c6ccccc6n(-c6cccc(-c7cccc(-c8ccc9oc%10ccccc%10c9c8)c7)c6)c5c4)cccc32)cc1. The van der Waals surface area contributed by atoms with Gasteiger partial charge in [0, 0.05) is 43.7 Å². The van der Waals surface area contributed by atoms with Gasteiger partial charge in [0.2, 0.25) is 0 Å². The Morgan fingerprint density at radius 3 is 1.68 bits per heavy atom. The van der Waals surface area contributed by atoms with Crippen LogP contribution in [-0.2, 0) is 0 Å². The first kappa shape index (κ1) is 31.7. The lowest BCUT2D eigenvalue weighted by Gasteiger charge is -2.12. The second-order valence-corrected chi connectivity index (χ2v) is 14.9. The van der Waals surface area contributed by atoms with Gasteiger partial charge in [-0.3, -0.25) is 0 Å². The third-order valence-electron chi connectivity index (χ3n) is 11.7. The lowest BCUT2D eigenvalue weighted by Crippen LogP contribution is -1.95. The predicted molar refractivity (Wildman–Crippen MR) is 239 cm³/mol. The quantitative estimate of drug-likeness (QED) is 0.173. The largest absolute Gasteiger partial charge is 0.456 e. The lowest BCUT2D eigenvalue weighted by atomic mass is 9.97. The molecular weight excluding hydrogens is 693 g/mol. The minimum atomic E-state index is 0.911. The Balaban J connectivity index is 1.01. The van der Waals surface area contributed by atoms with E-state index in [9.17, 15) is 0 Å². The molecule has 0 aliphatic carbocycles. The highest BCUT2D eigenvalue weighted by molar-refractivity contribution is 6.17. The number of para-hydroxylation sites is 4. The molecule has 0 aliphatic heterocycles. The predicted octanol–water partition coefficient (Wildman–Crippen LogP) is 14.8. The van der Waals surface area contributed by atoms with Crippen molar-refractivity contribution in [2.24, 2.45) is 0 Å². The van der Waals surface area contributed by atoms with Gasteiger partial charge >= 0.3 is 0 Å². The van der Waals surface area contributed by atoms with Gasteiger partial charge < -0.3 is 13.6 Å². The average molecular weight is 727 g/mol. The molecule has 3 heterocycles. The number of rotatable bonds is 5. The van der Waals surface area contributed by atoms with Crippen molar-refractivity contribution in [2.45, 2.75) is 0 Å². The molecule has 3 heteroatoms. The summed E-state index contributed by atoms with van der Waals surface area (Å²) in [5.41, 5.74) is 16.0. The highest BCUT2D eigenvalue weighted by Crippen LogP contribution is 2.41. The normalized spacial score (nSPS) is 11.9. The zero-order valence-corrected chi connectivity index (χ0v) is 30.9. The second kappa shape index (κ2) is 12.5. The Morgan fingerprint density at radius 2 is 0.842 bits per heavy atom. The van der Waals surface area contributed by atoms with E-state index < -0.39 is 0 Å². The molecule has 0 saturated carbocycles. The smallest absolute Gasteiger partial charge is 0.135 e. The average Bonchev–Trinajstić information content (AvgIpc) is 3.94. The van der Waals surface area contributed by atoms with Crippen LogP contribution in [0.1, 0.15) is 0 Å². The molecule has 9 aromatic carbocycles. The van der Waals surface area contributed by atoms with Crippen LogP contribution >= 0.6 is 0 Å². The summed E-state index contributed by atoms with van der Waals surface area (Å²) < 4.78 is 11.0. The van der Waals surface area contributed by atoms with E-state index in [0.717, 1.165) is 33.3 Å². The summed E-state index contributed by atoms with van der Waals surface area (Å²) in [6.45, 7) is 0. The fourth-order valence-electron chi connectivity index (χ4n) is 9.14. The van der Waals surface area contributed by atoms with E-state index in [1.165, 1.54) is 77.0 Å². The molecule has 0 aliphatic rings. The van der Waals surface area contributed by atoms with Crippen molar-refractivity contribution in [1.82, 2.24) is 9.13 Å². The van der Waals surface area contributed by atoms with Crippen LogP contribution in [0.2, 0.25) is 0 Å². The topological polar surface area (TPSA) is 23.0 Å². The van der Waals surface area contributed by atoms with Crippen LogP contribution in [0, 0.1) is 0 Å². The molecule has 0 saturated heterocycles. The molecule has 0 N–H and O–H groups in total. The maximum Gasteiger partial charge on any atom is 0.135 e. The first-order valence-corrected chi connectivity index (χ1v) is 19.5. The Morgan fingerprint density at radius 1 is 0.281 bits per heavy atom. The molecule has 3 nitrogen and oxygen atoms in total. The molecular formula is C54H34N2O. The van der Waals surface area contributed by atoms with Gasteiger partial charge in [-0.15, -0.1) is 0 Å². The minimum absolute atomic E-state index is 0.911. The molecule has 12 rings (SSSR count). The van der Waals surface area contributed by atoms with Gasteiger partial charge in [-0.05, 0) is 106 Å². The van der Waals surface area contributed by atoms with Crippen LogP contribution in [0.3, 0.4) is 0 Å². The summed E-state index contributed by atoms with van der Waals surface area (Å²) in [6.07, 6.45) is 0. The van der Waals surface area contributed by atoms with Gasteiger partial charge in [-0.1, -0.05) is 133 Å². The van der Waals surface area contributed by atoms with Crippen LogP contribution in [0.5, 0.6) is 0 Å². The third-order valence-corrected chi connectivity index (χ3v) is 11.7. The van der Waals surface area contributed by atoms with E-state index in [1.807, 2.05) is 12.1 Å². The summed E-state index contributed by atoms with van der Waals surface area (Å²) in [5, 5.41) is 7.28. The summed E-state index contributed by atoms with van der Waals surface area (Å²) in [4.78, 5) is 0. The second-order valence-electron chi connectivity index (χ2n) is 14.9. The molecule has 0 atom stereocenters. The summed E-state index contributed by atoms with van der Waals surface area (Å²) in [5.74, 6) is 0. The summed E-state index contributed by atoms with van der Waals surface area (Å²) >= 11 is 0. The van der Waals surface area contributed by atoms with Crippen LogP contribution in [-0.4, -0.2) is 9.13 Å². The van der Waals surface area contributed by atoms with E-state index in [0.29, 0.717) is 0 Å². The number of fused-ring (bicyclic) bond motifs is 9. The highest BCUT2D eigenvalue weighted by atomic mass is 16.3. The Bertz CT molecular complexity index is 3530. The fourth-order valence-corrected chi connectivity index (χ4v) is 9.14. The van der Waals surface area contributed by atoms with Crippen molar-refractivity contribution in [3.8, 4) is 44.8 Å². The van der Waals surface area contributed by atoms with Crippen molar-refractivity contribution in [3.63, 3.8) is 0 Å². The van der Waals surface area contributed by atoms with Crippen molar-refractivity contribution < 1.29 is 4.42 Å². The highest BCUT2D eigenvalue weighted by Gasteiger charge is 2.19. The molecule has 3 aromatic heterocycles. The number of aromatic nitrogens is 2. The maximum atomic E-state index is 6.13. The molecule has 0 bridgehead atoms. The maximum absolute atomic E-state index is 6.13. The zero-order valence-electron chi connectivity index (χ0n) is 30.9.